The molecule has 0 unspecified atom stereocenters. The number of hydrogen-bond donors (Lipinski definition) is 1. The molecule has 0 radical (unpaired) electrons. The number of rotatable bonds is 3. The van der Waals surface area contributed by atoms with Gasteiger partial charge in [0.05, 0.1) is 16.6 Å². The summed E-state index contributed by atoms with van der Waals surface area (Å²) in [6, 6.07) is 17.5. The lowest BCUT2D eigenvalue weighted by molar-refractivity contribution is -0.132. The van der Waals surface area contributed by atoms with E-state index in [-0.39, 0.29) is 21.9 Å². The number of aliphatic hydroxyl groups is 1. The van der Waals surface area contributed by atoms with E-state index in [1.54, 1.807) is 66.7 Å². The molecule has 1 atom stereocenters. The van der Waals surface area contributed by atoms with Crippen LogP contribution in [0.3, 0.4) is 0 Å². The average molecular weight is 482 g/mol. The fourth-order valence-corrected chi connectivity index (χ4v) is 4.39. The SMILES string of the molecule is O=C1C(=O)N(c2ccc3c(c2)OCCO3)[C@@H](c2ccc(Cl)cc2)C1=C(O)c1ccccc1Cl. The summed E-state index contributed by atoms with van der Waals surface area (Å²) < 4.78 is 11.2. The highest BCUT2D eigenvalue weighted by Gasteiger charge is 2.47. The van der Waals surface area contributed by atoms with Gasteiger partial charge in [-0.2, -0.15) is 0 Å². The highest BCUT2D eigenvalue weighted by Crippen LogP contribution is 2.45. The van der Waals surface area contributed by atoms with Crippen molar-refractivity contribution < 1.29 is 24.2 Å². The summed E-state index contributed by atoms with van der Waals surface area (Å²) in [6.07, 6.45) is 0. The maximum atomic E-state index is 13.3. The third kappa shape index (κ3) is 3.71. The first-order valence-electron chi connectivity index (χ1n) is 10.2. The molecule has 0 bridgehead atoms. The Kier molecular flexibility index (Phi) is 5.48. The fraction of sp³-hybridized carbons (Fsp3) is 0.120. The number of carbonyl (C=O) groups excluding carboxylic acids is 2. The Morgan fingerprint density at radius 3 is 2.33 bits per heavy atom. The van der Waals surface area contributed by atoms with Crippen molar-refractivity contribution in [1.29, 1.82) is 0 Å². The number of amides is 1. The number of Topliss-reactive ketones (excluding diaryl/α,β-unsaturated/α-hetero) is 1. The third-order valence-electron chi connectivity index (χ3n) is 5.56. The Labute approximate surface area is 199 Å². The summed E-state index contributed by atoms with van der Waals surface area (Å²) in [6.45, 7) is 0.807. The number of anilines is 1. The van der Waals surface area contributed by atoms with Crippen molar-refractivity contribution in [3.05, 3.63) is 93.5 Å². The normalized spacial score (nSPS) is 19.1. The van der Waals surface area contributed by atoms with Gasteiger partial charge in [-0.3, -0.25) is 14.5 Å². The first-order chi connectivity index (χ1) is 16.0. The molecule has 2 aliphatic heterocycles. The highest BCUT2D eigenvalue weighted by atomic mass is 35.5. The molecule has 8 heteroatoms. The lowest BCUT2D eigenvalue weighted by Gasteiger charge is -2.27. The summed E-state index contributed by atoms with van der Waals surface area (Å²) in [7, 11) is 0. The van der Waals surface area contributed by atoms with Gasteiger partial charge in [0.2, 0.25) is 0 Å². The Morgan fingerprint density at radius 1 is 0.909 bits per heavy atom. The zero-order chi connectivity index (χ0) is 23.1. The quantitative estimate of drug-likeness (QED) is 0.308. The van der Waals surface area contributed by atoms with Crippen LogP contribution in [0.25, 0.3) is 5.76 Å². The van der Waals surface area contributed by atoms with Gasteiger partial charge in [-0.05, 0) is 42.0 Å². The van der Waals surface area contributed by atoms with Gasteiger partial charge in [-0.1, -0.05) is 47.5 Å². The molecule has 6 nitrogen and oxygen atoms in total. The minimum absolute atomic E-state index is 0.0645. The maximum absolute atomic E-state index is 13.3. The minimum atomic E-state index is -0.902. The maximum Gasteiger partial charge on any atom is 0.300 e. The number of hydrogen-bond acceptors (Lipinski definition) is 5. The second-order valence-corrected chi connectivity index (χ2v) is 8.37. The highest BCUT2D eigenvalue weighted by molar-refractivity contribution is 6.52. The van der Waals surface area contributed by atoms with E-state index in [0.717, 1.165) is 0 Å². The van der Waals surface area contributed by atoms with Crippen molar-refractivity contribution in [2.45, 2.75) is 6.04 Å². The van der Waals surface area contributed by atoms with Crippen molar-refractivity contribution in [2.24, 2.45) is 0 Å². The first-order valence-corrected chi connectivity index (χ1v) is 10.9. The van der Waals surface area contributed by atoms with E-state index < -0.39 is 17.7 Å². The van der Waals surface area contributed by atoms with E-state index in [9.17, 15) is 14.7 Å². The van der Waals surface area contributed by atoms with E-state index in [1.807, 2.05) is 0 Å². The third-order valence-corrected chi connectivity index (χ3v) is 6.14. The Bertz CT molecular complexity index is 1300. The molecular weight excluding hydrogens is 465 g/mol. The second-order valence-electron chi connectivity index (χ2n) is 7.53. The van der Waals surface area contributed by atoms with Crippen LogP contribution in [0.4, 0.5) is 5.69 Å². The van der Waals surface area contributed by atoms with Gasteiger partial charge >= 0.3 is 0 Å². The van der Waals surface area contributed by atoms with Gasteiger partial charge < -0.3 is 14.6 Å². The molecule has 166 valence electrons. The fourth-order valence-electron chi connectivity index (χ4n) is 4.04. The van der Waals surface area contributed by atoms with Crippen molar-refractivity contribution in [1.82, 2.24) is 0 Å². The monoisotopic (exact) mass is 481 g/mol. The molecule has 1 saturated heterocycles. The van der Waals surface area contributed by atoms with Crippen molar-refractivity contribution >= 4 is 46.3 Å². The number of benzene rings is 3. The predicted molar refractivity (Wildman–Crippen MR) is 125 cm³/mol. The van der Waals surface area contributed by atoms with Gasteiger partial charge in [0.1, 0.15) is 19.0 Å². The van der Waals surface area contributed by atoms with Crippen LogP contribution in [0.15, 0.2) is 72.3 Å². The predicted octanol–water partition coefficient (Wildman–Crippen LogP) is 5.39. The van der Waals surface area contributed by atoms with Gasteiger partial charge in [0.25, 0.3) is 11.7 Å². The zero-order valence-corrected chi connectivity index (χ0v) is 18.6. The smallest absolute Gasteiger partial charge is 0.300 e. The number of fused-ring (bicyclic) bond motifs is 1. The van der Waals surface area contributed by atoms with Gasteiger partial charge in [0.15, 0.2) is 11.5 Å². The van der Waals surface area contributed by atoms with Crippen molar-refractivity contribution in [3.63, 3.8) is 0 Å². The molecule has 3 aromatic rings. The zero-order valence-electron chi connectivity index (χ0n) is 17.1. The van der Waals surface area contributed by atoms with Gasteiger partial charge in [-0.25, -0.2) is 0 Å². The molecule has 0 saturated carbocycles. The van der Waals surface area contributed by atoms with E-state index in [0.29, 0.717) is 41.0 Å². The molecule has 33 heavy (non-hydrogen) atoms. The molecule has 1 amide bonds. The number of ketones is 1. The molecule has 3 aromatic carbocycles. The van der Waals surface area contributed by atoms with Crippen LogP contribution in [0, 0.1) is 0 Å². The summed E-state index contributed by atoms with van der Waals surface area (Å²) >= 11 is 12.3. The Balaban J connectivity index is 1.71. The summed E-state index contributed by atoms with van der Waals surface area (Å²) in [5.41, 5.74) is 1.23. The van der Waals surface area contributed by atoms with Crippen LogP contribution in [-0.4, -0.2) is 30.0 Å². The summed E-state index contributed by atoms with van der Waals surface area (Å²) in [5, 5.41) is 11.9. The van der Waals surface area contributed by atoms with Crippen LogP contribution >= 0.6 is 23.2 Å². The minimum Gasteiger partial charge on any atom is -0.507 e. The summed E-state index contributed by atoms with van der Waals surface area (Å²) in [5.74, 6) is -0.913. The van der Waals surface area contributed by atoms with Crippen LogP contribution in [0.2, 0.25) is 10.0 Å². The van der Waals surface area contributed by atoms with E-state index >= 15 is 0 Å². The lowest BCUT2D eigenvalue weighted by Crippen LogP contribution is -2.29. The number of nitrogens with zero attached hydrogens (tertiary/aromatic N) is 1. The number of carbonyl (C=O) groups is 2. The second kappa shape index (κ2) is 8.46. The van der Waals surface area contributed by atoms with Gasteiger partial charge in [0, 0.05) is 22.3 Å². The van der Waals surface area contributed by atoms with Gasteiger partial charge in [-0.15, -0.1) is 0 Å². The number of aliphatic hydroxyl groups excluding tert-OH is 1. The van der Waals surface area contributed by atoms with Crippen molar-refractivity contribution in [2.75, 3.05) is 18.1 Å². The molecule has 1 N–H and O–H groups in total. The molecule has 1 fully saturated rings. The van der Waals surface area contributed by atoms with Crippen molar-refractivity contribution in [3.8, 4) is 11.5 Å². The van der Waals surface area contributed by atoms with E-state index in [1.165, 1.54) is 4.90 Å². The largest absolute Gasteiger partial charge is 0.507 e. The number of ether oxygens (including phenoxy) is 2. The van der Waals surface area contributed by atoms with Crippen LogP contribution in [0.1, 0.15) is 17.2 Å². The van der Waals surface area contributed by atoms with E-state index in [4.69, 9.17) is 32.7 Å². The molecular formula is C25H17Cl2NO5. The Hall–Kier alpha value is -3.48. The van der Waals surface area contributed by atoms with Crippen LogP contribution in [0.5, 0.6) is 11.5 Å². The average Bonchev–Trinajstić information content (AvgIpc) is 3.09. The molecule has 0 spiro atoms. The first kappa shape index (κ1) is 21.4. The Morgan fingerprint density at radius 2 is 1.61 bits per heavy atom. The van der Waals surface area contributed by atoms with Crippen LogP contribution in [-0.2, 0) is 9.59 Å². The lowest BCUT2D eigenvalue weighted by atomic mass is 9.95. The molecule has 0 aliphatic carbocycles. The standard InChI is InChI=1S/C25H17Cl2NO5/c26-15-7-5-14(6-8-15)22-21(23(29)17-3-1-2-4-18(17)27)24(30)25(31)28(22)16-9-10-19-20(13-16)33-12-11-32-19/h1-10,13,22,29H,11-12H2/t22-/m0/s1. The van der Waals surface area contributed by atoms with Crippen LogP contribution < -0.4 is 14.4 Å². The molecule has 2 aliphatic rings. The summed E-state index contributed by atoms with van der Waals surface area (Å²) in [4.78, 5) is 27.8. The number of halogens is 2. The van der Waals surface area contributed by atoms with E-state index in [2.05, 4.69) is 0 Å². The molecule has 2 heterocycles. The molecule has 0 aromatic heterocycles. The molecule has 5 rings (SSSR count). The topological polar surface area (TPSA) is 76.1 Å².